The van der Waals surface area contributed by atoms with Crippen LogP contribution in [0.2, 0.25) is 0 Å². The van der Waals surface area contributed by atoms with E-state index in [1.54, 1.807) is 7.11 Å². The van der Waals surface area contributed by atoms with Gasteiger partial charge in [0.2, 0.25) is 0 Å². The Morgan fingerprint density at radius 2 is 2.12 bits per heavy atom. The number of hydrogen-bond acceptors (Lipinski definition) is 4. The molecule has 0 amide bonds. The van der Waals surface area contributed by atoms with Gasteiger partial charge in [-0.3, -0.25) is 4.90 Å². The molecule has 0 saturated carbocycles. The molecule has 1 fully saturated rings. The molecule has 0 aromatic rings. The molecule has 1 unspecified atom stereocenters. The zero-order chi connectivity index (χ0) is 11.8. The maximum atomic E-state index is 5.01. The number of methoxy groups -OCH3 is 1. The van der Waals surface area contributed by atoms with Gasteiger partial charge in [-0.2, -0.15) is 0 Å². The van der Waals surface area contributed by atoms with Crippen LogP contribution in [0, 0.1) is 0 Å². The Morgan fingerprint density at radius 3 is 2.88 bits per heavy atom. The van der Waals surface area contributed by atoms with Crippen molar-refractivity contribution < 1.29 is 4.74 Å². The Kier molecular flexibility index (Phi) is 6.96. The number of ether oxygens (including phenoxy) is 1. The molecule has 0 aromatic carbocycles. The maximum absolute atomic E-state index is 5.01. The lowest BCUT2D eigenvalue weighted by Gasteiger charge is -2.27. The smallest absolute Gasteiger partial charge is 0.0587 e. The average Bonchev–Trinajstić information content (AvgIpc) is 2.40. The van der Waals surface area contributed by atoms with Crippen LogP contribution >= 0.6 is 0 Å². The zero-order valence-corrected chi connectivity index (χ0v) is 11.0. The molecule has 1 saturated heterocycles. The molecule has 0 radical (unpaired) electrons. The summed E-state index contributed by atoms with van der Waals surface area (Å²) < 4.78 is 5.01. The number of nitrogens with zero attached hydrogens (tertiary/aromatic N) is 2. The highest BCUT2D eigenvalue weighted by atomic mass is 16.5. The third kappa shape index (κ3) is 5.25. The van der Waals surface area contributed by atoms with Crippen LogP contribution in [0.3, 0.4) is 0 Å². The fraction of sp³-hybridized carbons (Fsp3) is 1.00. The van der Waals surface area contributed by atoms with Crippen molar-refractivity contribution >= 4 is 0 Å². The van der Waals surface area contributed by atoms with Crippen molar-refractivity contribution in [1.82, 2.24) is 15.1 Å². The van der Waals surface area contributed by atoms with Gasteiger partial charge in [0.25, 0.3) is 0 Å². The number of rotatable bonds is 6. The minimum atomic E-state index is 0.678. The first-order chi connectivity index (χ1) is 7.74. The maximum Gasteiger partial charge on any atom is 0.0587 e. The second-order valence-electron chi connectivity index (χ2n) is 4.74. The number of nitrogens with one attached hydrogen (secondary N) is 1. The SMILES string of the molecule is COCCNCCN1CCCN(C)CC1C. The van der Waals surface area contributed by atoms with E-state index in [1.165, 1.54) is 26.1 Å². The molecule has 0 spiro atoms. The molecule has 1 atom stereocenters. The summed E-state index contributed by atoms with van der Waals surface area (Å²) in [5, 5.41) is 3.41. The molecule has 4 nitrogen and oxygen atoms in total. The third-order valence-corrected chi connectivity index (χ3v) is 3.24. The Balaban J connectivity index is 2.14. The summed E-state index contributed by atoms with van der Waals surface area (Å²) in [4.78, 5) is 5.02. The van der Waals surface area contributed by atoms with Crippen molar-refractivity contribution in [2.75, 3.05) is 60.0 Å². The van der Waals surface area contributed by atoms with Gasteiger partial charge in [-0.1, -0.05) is 0 Å². The van der Waals surface area contributed by atoms with Crippen LogP contribution in [0.25, 0.3) is 0 Å². The summed E-state index contributed by atoms with van der Waals surface area (Å²) in [5.41, 5.74) is 0. The van der Waals surface area contributed by atoms with Gasteiger partial charge < -0.3 is 15.0 Å². The van der Waals surface area contributed by atoms with E-state index in [1.807, 2.05) is 0 Å². The standard InChI is InChI=1S/C12H27N3O/c1-12-11-14(2)7-4-8-15(12)9-5-13-6-10-16-3/h12-13H,4-11H2,1-3H3. The summed E-state index contributed by atoms with van der Waals surface area (Å²) in [7, 11) is 3.96. The predicted molar refractivity (Wildman–Crippen MR) is 67.9 cm³/mol. The zero-order valence-electron chi connectivity index (χ0n) is 11.0. The lowest BCUT2D eigenvalue weighted by molar-refractivity contribution is 0.186. The van der Waals surface area contributed by atoms with Crippen molar-refractivity contribution in [3.63, 3.8) is 0 Å². The first-order valence-corrected chi connectivity index (χ1v) is 6.36. The topological polar surface area (TPSA) is 27.7 Å². The molecule has 96 valence electrons. The molecule has 0 aromatic heterocycles. The van der Waals surface area contributed by atoms with Gasteiger partial charge in [-0.05, 0) is 33.5 Å². The van der Waals surface area contributed by atoms with Gasteiger partial charge in [0, 0.05) is 39.3 Å². The van der Waals surface area contributed by atoms with Crippen molar-refractivity contribution in [3.05, 3.63) is 0 Å². The summed E-state index contributed by atoms with van der Waals surface area (Å²) in [5.74, 6) is 0. The Labute approximate surface area is 99.9 Å². The molecule has 1 heterocycles. The van der Waals surface area contributed by atoms with Crippen LogP contribution in [0.15, 0.2) is 0 Å². The fourth-order valence-electron chi connectivity index (χ4n) is 2.28. The van der Waals surface area contributed by atoms with E-state index in [4.69, 9.17) is 4.74 Å². The Hall–Kier alpha value is -0.160. The summed E-state index contributed by atoms with van der Waals surface area (Å²) in [6.45, 7) is 9.97. The summed E-state index contributed by atoms with van der Waals surface area (Å²) in [6.07, 6.45) is 1.29. The van der Waals surface area contributed by atoms with E-state index < -0.39 is 0 Å². The van der Waals surface area contributed by atoms with E-state index in [9.17, 15) is 0 Å². The Bertz CT molecular complexity index is 178. The van der Waals surface area contributed by atoms with E-state index in [2.05, 4.69) is 29.1 Å². The highest BCUT2D eigenvalue weighted by Crippen LogP contribution is 2.07. The molecule has 1 N–H and O–H groups in total. The van der Waals surface area contributed by atoms with Crippen LogP contribution in [0.4, 0.5) is 0 Å². The van der Waals surface area contributed by atoms with Crippen LogP contribution in [0.5, 0.6) is 0 Å². The first kappa shape index (κ1) is 13.9. The van der Waals surface area contributed by atoms with Crippen LogP contribution < -0.4 is 5.32 Å². The normalized spacial score (nSPS) is 24.6. The van der Waals surface area contributed by atoms with E-state index in [-0.39, 0.29) is 0 Å². The molecular formula is C12H27N3O. The number of hydrogen-bond donors (Lipinski definition) is 1. The molecule has 1 aliphatic rings. The van der Waals surface area contributed by atoms with Crippen molar-refractivity contribution in [3.8, 4) is 0 Å². The minimum absolute atomic E-state index is 0.678. The third-order valence-electron chi connectivity index (χ3n) is 3.24. The monoisotopic (exact) mass is 229 g/mol. The van der Waals surface area contributed by atoms with E-state index >= 15 is 0 Å². The summed E-state index contributed by atoms with van der Waals surface area (Å²) in [6, 6.07) is 0.678. The molecule has 0 bridgehead atoms. The molecule has 16 heavy (non-hydrogen) atoms. The van der Waals surface area contributed by atoms with E-state index in [0.29, 0.717) is 6.04 Å². The minimum Gasteiger partial charge on any atom is -0.383 e. The van der Waals surface area contributed by atoms with Gasteiger partial charge in [0.05, 0.1) is 6.61 Å². The molecule has 0 aliphatic carbocycles. The molecule has 4 heteroatoms. The number of likely N-dealkylation sites (N-methyl/N-ethyl adjacent to an activating group) is 1. The second-order valence-corrected chi connectivity index (χ2v) is 4.74. The van der Waals surface area contributed by atoms with Crippen LogP contribution in [-0.2, 0) is 4.74 Å². The molecule has 1 rings (SSSR count). The van der Waals surface area contributed by atoms with Crippen molar-refractivity contribution in [1.29, 1.82) is 0 Å². The fourth-order valence-corrected chi connectivity index (χ4v) is 2.28. The Morgan fingerprint density at radius 1 is 1.31 bits per heavy atom. The molecule has 1 aliphatic heterocycles. The summed E-state index contributed by atoms with van der Waals surface area (Å²) >= 11 is 0. The van der Waals surface area contributed by atoms with E-state index in [0.717, 1.165) is 26.2 Å². The van der Waals surface area contributed by atoms with Crippen molar-refractivity contribution in [2.45, 2.75) is 19.4 Å². The first-order valence-electron chi connectivity index (χ1n) is 6.36. The largest absolute Gasteiger partial charge is 0.383 e. The van der Waals surface area contributed by atoms with Crippen molar-refractivity contribution in [2.24, 2.45) is 0 Å². The van der Waals surface area contributed by atoms with Crippen LogP contribution in [-0.4, -0.2) is 75.9 Å². The highest BCUT2D eigenvalue weighted by molar-refractivity contribution is 4.75. The van der Waals surface area contributed by atoms with Gasteiger partial charge in [0.1, 0.15) is 0 Å². The predicted octanol–water partition coefficient (Wildman–Crippen LogP) is 0.248. The van der Waals surface area contributed by atoms with Crippen LogP contribution in [0.1, 0.15) is 13.3 Å². The lowest BCUT2D eigenvalue weighted by atomic mass is 10.2. The lowest BCUT2D eigenvalue weighted by Crippen LogP contribution is -2.41. The second kappa shape index (κ2) is 8.01. The average molecular weight is 229 g/mol. The van der Waals surface area contributed by atoms with Gasteiger partial charge in [0.15, 0.2) is 0 Å². The highest BCUT2D eigenvalue weighted by Gasteiger charge is 2.18. The van der Waals surface area contributed by atoms with Gasteiger partial charge in [-0.25, -0.2) is 0 Å². The van der Waals surface area contributed by atoms with Gasteiger partial charge in [-0.15, -0.1) is 0 Å². The quantitative estimate of drug-likeness (QED) is 0.661. The van der Waals surface area contributed by atoms with Gasteiger partial charge >= 0.3 is 0 Å². The molecular weight excluding hydrogens is 202 g/mol.